The van der Waals surface area contributed by atoms with Crippen molar-refractivity contribution in [2.75, 3.05) is 0 Å². The van der Waals surface area contributed by atoms with Crippen molar-refractivity contribution in [2.24, 2.45) is 5.73 Å². The standard InChI is InChI=1S/C9H10ClF2N/c1-9(11,12)8(13)6-4-2-3-5-7(6)10/h2-5,8H,13H2,1H3. The highest BCUT2D eigenvalue weighted by Gasteiger charge is 2.33. The lowest BCUT2D eigenvalue weighted by atomic mass is 10.0. The quantitative estimate of drug-likeness (QED) is 0.789. The number of rotatable bonds is 2. The summed E-state index contributed by atoms with van der Waals surface area (Å²) in [6.45, 7) is 0.779. The van der Waals surface area contributed by atoms with Gasteiger partial charge in [0.05, 0.1) is 6.04 Å². The predicted molar refractivity (Wildman–Crippen MR) is 49.0 cm³/mol. The zero-order valence-electron chi connectivity index (χ0n) is 7.10. The minimum atomic E-state index is -2.95. The summed E-state index contributed by atoms with van der Waals surface area (Å²) in [6, 6.07) is 5.01. The number of alkyl halides is 2. The fourth-order valence-corrected chi connectivity index (χ4v) is 1.25. The lowest BCUT2D eigenvalue weighted by Crippen LogP contribution is -2.29. The Morgan fingerprint density at radius 3 is 2.38 bits per heavy atom. The second-order valence-corrected chi connectivity index (χ2v) is 3.36. The third-order valence-electron chi connectivity index (χ3n) is 1.79. The van der Waals surface area contributed by atoms with E-state index in [4.69, 9.17) is 17.3 Å². The Hall–Kier alpha value is -0.670. The van der Waals surface area contributed by atoms with Crippen molar-refractivity contribution < 1.29 is 8.78 Å². The zero-order valence-corrected chi connectivity index (χ0v) is 7.85. The highest BCUT2D eigenvalue weighted by atomic mass is 35.5. The smallest absolute Gasteiger partial charge is 0.264 e. The Bertz CT molecular complexity index is 296. The number of benzene rings is 1. The minimum absolute atomic E-state index is 0.275. The van der Waals surface area contributed by atoms with Crippen molar-refractivity contribution in [3.63, 3.8) is 0 Å². The van der Waals surface area contributed by atoms with Gasteiger partial charge >= 0.3 is 0 Å². The highest BCUT2D eigenvalue weighted by molar-refractivity contribution is 6.31. The van der Waals surface area contributed by atoms with Crippen LogP contribution in [0.3, 0.4) is 0 Å². The average Bonchev–Trinajstić information content (AvgIpc) is 2.02. The molecular weight excluding hydrogens is 196 g/mol. The summed E-state index contributed by atoms with van der Waals surface area (Å²) in [5.74, 6) is -2.95. The van der Waals surface area contributed by atoms with E-state index in [1.54, 1.807) is 18.2 Å². The first-order valence-corrected chi connectivity index (χ1v) is 4.18. The van der Waals surface area contributed by atoms with Crippen molar-refractivity contribution in [3.05, 3.63) is 34.9 Å². The Morgan fingerprint density at radius 2 is 1.92 bits per heavy atom. The summed E-state index contributed by atoms with van der Waals surface area (Å²) in [4.78, 5) is 0. The second kappa shape index (κ2) is 3.60. The molecule has 0 aliphatic rings. The molecule has 0 bridgehead atoms. The molecule has 72 valence electrons. The monoisotopic (exact) mass is 205 g/mol. The predicted octanol–water partition coefficient (Wildman–Crippen LogP) is 3.00. The van der Waals surface area contributed by atoms with Gasteiger partial charge in [0.25, 0.3) is 5.92 Å². The molecule has 0 spiro atoms. The molecule has 0 saturated heterocycles. The van der Waals surface area contributed by atoms with E-state index in [1.807, 2.05) is 0 Å². The van der Waals surface area contributed by atoms with Gasteiger partial charge in [-0.25, -0.2) is 8.78 Å². The molecule has 0 aliphatic carbocycles. The van der Waals surface area contributed by atoms with Gasteiger partial charge in [-0.15, -0.1) is 0 Å². The molecule has 2 N–H and O–H groups in total. The van der Waals surface area contributed by atoms with Crippen LogP contribution in [0.2, 0.25) is 5.02 Å². The molecule has 4 heteroatoms. The van der Waals surface area contributed by atoms with E-state index in [1.165, 1.54) is 6.07 Å². The lowest BCUT2D eigenvalue weighted by molar-refractivity contribution is -0.00616. The molecule has 0 heterocycles. The Kier molecular flexibility index (Phi) is 2.88. The first-order valence-electron chi connectivity index (χ1n) is 3.80. The SMILES string of the molecule is CC(F)(F)C(N)c1ccccc1Cl. The van der Waals surface area contributed by atoms with E-state index in [2.05, 4.69) is 0 Å². The fourth-order valence-electron chi connectivity index (χ4n) is 1.00. The van der Waals surface area contributed by atoms with Crippen molar-refractivity contribution in [1.29, 1.82) is 0 Å². The third kappa shape index (κ3) is 2.39. The largest absolute Gasteiger partial charge is 0.319 e. The van der Waals surface area contributed by atoms with E-state index in [0.29, 0.717) is 0 Å². The summed E-state index contributed by atoms with van der Waals surface area (Å²) in [5.41, 5.74) is 5.61. The van der Waals surface area contributed by atoms with Gasteiger partial charge < -0.3 is 5.73 Å². The van der Waals surface area contributed by atoms with Crippen LogP contribution in [0.1, 0.15) is 18.5 Å². The normalized spacial score (nSPS) is 14.2. The molecule has 1 atom stereocenters. The van der Waals surface area contributed by atoms with Crippen LogP contribution in [0.25, 0.3) is 0 Å². The summed E-state index contributed by atoms with van der Waals surface area (Å²) >= 11 is 5.71. The molecule has 1 unspecified atom stereocenters. The van der Waals surface area contributed by atoms with Gasteiger partial charge in [0.2, 0.25) is 0 Å². The topological polar surface area (TPSA) is 26.0 Å². The van der Waals surface area contributed by atoms with Gasteiger partial charge in [-0.05, 0) is 11.6 Å². The Balaban J connectivity index is 3.02. The van der Waals surface area contributed by atoms with Crippen LogP contribution in [0.15, 0.2) is 24.3 Å². The molecule has 0 aliphatic heterocycles. The maximum atomic E-state index is 12.8. The number of hydrogen-bond donors (Lipinski definition) is 1. The van der Waals surface area contributed by atoms with E-state index in [-0.39, 0.29) is 10.6 Å². The number of hydrogen-bond acceptors (Lipinski definition) is 1. The second-order valence-electron chi connectivity index (χ2n) is 2.96. The summed E-state index contributed by atoms with van der Waals surface area (Å²) in [7, 11) is 0. The van der Waals surface area contributed by atoms with Gasteiger partial charge in [0.15, 0.2) is 0 Å². The van der Waals surface area contributed by atoms with Crippen molar-refractivity contribution >= 4 is 11.6 Å². The van der Waals surface area contributed by atoms with E-state index in [9.17, 15) is 8.78 Å². The number of halogens is 3. The molecule has 0 aromatic heterocycles. The van der Waals surface area contributed by atoms with Crippen LogP contribution < -0.4 is 5.73 Å². The van der Waals surface area contributed by atoms with Crippen LogP contribution in [-0.4, -0.2) is 5.92 Å². The van der Waals surface area contributed by atoms with E-state index < -0.39 is 12.0 Å². The van der Waals surface area contributed by atoms with Gasteiger partial charge in [0.1, 0.15) is 0 Å². The maximum Gasteiger partial charge on any atom is 0.264 e. The van der Waals surface area contributed by atoms with Gasteiger partial charge in [-0.1, -0.05) is 29.8 Å². The summed E-state index contributed by atoms with van der Waals surface area (Å²) < 4.78 is 25.6. The maximum absolute atomic E-state index is 12.8. The van der Waals surface area contributed by atoms with Gasteiger partial charge in [-0.3, -0.25) is 0 Å². The zero-order chi connectivity index (χ0) is 10.1. The van der Waals surface area contributed by atoms with Gasteiger partial charge in [-0.2, -0.15) is 0 Å². The molecule has 1 nitrogen and oxygen atoms in total. The molecule has 13 heavy (non-hydrogen) atoms. The van der Waals surface area contributed by atoms with Crippen LogP contribution in [0, 0.1) is 0 Å². The molecule has 0 fully saturated rings. The number of nitrogens with two attached hydrogens (primary N) is 1. The fraction of sp³-hybridized carbons (Fsp3) is 0.333. The molecular formula is C9H10ClF2N. The van der Waals surface area contributed by atoms with Crippen LogP contribution in [-0.2, 0) is 0 Å². The summed E-state index contributed by atoms with van der Waals surface area (Å²) in [5, 5.41) is 0.275. The van der Waals surface area contributed by atoms with E-state index in [0.717, 1.165) is 6.92 Å². The molecule has 0 saturated carbocycles. The first kappa shape index (κ1) is 10.4. The molecule has 1 rings (SSSR count). The van der Waals surface area contributed by atoms with Gasteiger partial charge in [0, 0.05) is 11.9 Å². The van der Waals surface area contributed by atoms with E-state index >= 15 is 0 Å². The molecule has 1 aromatic carbocycles. The molecule has 1 aromatic rings. The van der Waals surface area contributed by atoms with Crippen molar-refractivity contribution in [2.45, 2.75) is 18.9 Å². The summed E-state index contributed by atoms with van der Waals surface area (Å²) in [6.07, 6.45) is 0. The van der Waals surface area contributed by atoms with Crippen molar-refractivity contribution in [3.8, 4) is 0 Å². The first-order chi connectivity index (χ1) is 5.93. The lowest BCUT2D eigenvalue weighted by Gasteiger charge is -2.20. The Morgan fingerprint density at radius 1 is 1.38 bits per heavy atom. The molecule has 0 amide bonds. The van der Waals surface area contributed by atoms with Crippen LogP contribution in [0.5, 0.6) is 0 Å². The van der Waals surface area contributed by atoms with Crippen molar-refractivity contribution in [1.82, 2.24) is 0 Å². The average molecular weight is 206 g/mol. The third-order valence-corrected chi connectivity index (χ3v) is 2.13. The molecule has 0 radical (unpaired) electrons. The Labute approximate surface area is 80.5 Å². The van der Waals surface area contributed by atoms with Crippen LogP contribution in [0.4, 0.5) is 8.78 Å². The highest BCUT2D eigenvalue weighted by Crippen LogP contribution is 2.32. The minimum Gasteiger partial charge on any atom is -0.319 e. The van der Waals surface area contributed by atoms with Crippen LogP contribution >= 0.6 is 11.6 Å².